The van der Waals surface area contributed by atoms with Gasteiger partial charge in [0.05, 0.1) is 18.0 Å². The van der Waals surface area contributed by atoms with Crippen LogP contribution in [0.25, 0.3) is 0 Å². The van der Waals surface area contributed by atoms with Crippen LogP contribution in [-0.4, -0.2) is 46.3 Å². The van der Waals surface area contributed by atoms with Gasteiger partial charge in [0.1, 0.15) is 0 Å². The topological polar surface area (TPSA) is 104 Å². The zero-order valence-corrected chi connectivity index (χ0v) is 22.4. The number of phenolic OH excluding ortho intramolecular Hbond substituents is 1. The van der Waals surface area contributed by atoms with Gasteiger partial charge in [-0.3, -0.25) is 14.4 Å². The first-order chi connectivity index (χ1) is 16.2. The highest BCUT2D eigenvalue weighted by Gasteiger charge is 2.49. The van der Waals surface area contributed by atoms with Crippen molar-refractivity contribution >= 4 is 33.5 Å². The van der Waals surface area contributed by atoms with Crippen molar-refractivity contribution in [2.45, 2.75) is 65.7 Å². The van der Waals surface area contributed by atoms with Gasteiger partial charge in [0, 0.05) is 47.8 Å². The number of rotatable bonds is 5. The van der Waals surface area contributed by atoms with E-state index in [0.29, 0.717) is 46.9 Å². The van der Waals surface area contributed by atoms with Gasteiger partial charge in [0.15, 0.2) is 23.1 Å². The second kappa shape index (κ2) is 8.80. The van der Waals surface area contributed by atoms with Gasteiger partial charge in [-0.2, -0.15) is 0 Å². The molecule has 1 aromatic carbocycles. The van der Waals surface area contributed by atoms with Gasteiger partial charge in [-0.1, -0.05) is 27.7 Å². The van der Waals surface area contributed by atoms with E-state index in [2.05, 4.69) is 15.9 Å². The highest BCUT2D eigenvalue weighted by molar-refractivity contribution is 9.10. The molecule has 2 aliphatic carbocycles. The van der Waals surface area contributed by atoms with Crippen LogP contribution in [-0.2, 0) is 14.4 Å². The molecular formula is C27H32BrNO6. The van der Waals surface area contributed by atoms with Gasteiger partial charge in [-0.05, 0) is 57.3 Å². The molecule has 188 valence electrons. The molecular weight excluding hydrogens is 514 g/mol. The summed E-state index contributed by atoms with van der Waals surface area (Å²) in [5.74, 6) is -1.39. The number of aromatic hydroxyl groups is 1. The van der Waals surface area contributed by atoms with Gasteiger partial charge >= 0.3 is 5.97 Å². The normalized spacial score (nSPS) is 21.7. The van der Waals surface area contributed by atoms with Crippen LogP contribution in [0.15, 0.2) is 39.1 Å². The van der Waals surface area contributed by atoms with Gasteiger partial charge < -0.3 is 19.8 Å². The highest BCUT2D eigenvalue weighted by atomic mass is 79.9. The fourth-order valence-electron chi connectivity index (χ4n) is 5.77. The van der Waals surface area contributed by atoms with Crippen LogP contribution in [0, 0.1) is 10.8 Å². The molecule has 8 heteroatoms. The Bertz CT molecular complexity index is 1140. The second-order valence-corrected chi connectivity index (χ2v) is 12.2. The van der Waals surface area contributed by atoms with Crippen molar-refractivity contribution in [2.24, 2.45) is 10.8 Å². The molecule has 3 aliphatic rings. The van der Waals surface area contributed by atoms with E-state index in [-0.39, 0.29) is 46.9 Å². The van der Waals surface area contributed by atoms with E-state index in [9.17, 15) is 24.6 Å². The summed E-state index contributed by atoms with van der Waals surface area (Å²) in [5.41, 5.74) is 2.84. The maximum atomic E-state index is 13.7. The molecule has 1 heterocycles. The predicted molar refractivity (Wildman–Crippen MR) is 134 cm³/mol. The summed E-state index contributed by atoms with van der Waals surface area (Å²) >= 11 is 3.39. The number of carboxylic acid groups (broad SMARTS) is 1. The molecule has 0 unspecified atom stereocenters. The average Bonchev–Trinajstić information content (AvgIpc) is 2.71. The Morgan fingerprint density at radius 3 is 2.00 bits per heavy atom. The monoisotopic (exact) mass is 545 g/mol. The first kappa shape index (κ1) is 25.5. The Balaban J connectivity index is 2.02. The van der Waals surface area contributed by atoms with Gasteiger partial charge in [0.25, 0.3) is 0 Å². The standard InChI is InChI=1S/C27H32BrNO6/c1-26(2)10-16-23(18(30)12-26)22(14-8-15(28)25(34)20(9-14)35-5)24-17(29(16)7-6-21(32)33)11-27(3,4)13-19(24)31/h8-9,22,34H,6-7,10-13H2,1-5H3,(H,32,33). The summed E-state index contributed by atoms with van der Waals surface area (Å²) in [6, 6.07) is 3.43. The zero-order valence-electron chi connectivity index (χ0n) is 20.8. The van der Waals surface area contributed by atoms with Crippen LogP contribution in [0.5, 0.6) is 11.5 Å². The number of carboxylic acids is 1. The lowest BCUT2D eigenvalue weighted by Gasteiger charge is -2.49. The van der Waals surface area contributed by atoms with E-state index in [0.717, 1.165) is 11.4 Å². The number of aliphatic carboxylic acids is 1. The SMILES string of the molecule is COc1cc(C2C3=C(CC(C)(C)CC3=O)N(CCC(=O)O)C3=C2C(=O)CC(C)(C)C3)cc(Br)c1O. The summed E-state index contributed by atoms with van der Waals surface area (Å²) in [6.07, 6.45) is 1.79. The fourth-order valence-corrected chi connectivity index (χ4v) is 6.23. The van der Waals surface area contributed by atoms with Crippen molar-refractivity contribution in [3.8, 4) is 11.5 Å². The van der Waals surface area contributed by atoms with Crippen molar-refractivity contribution < 1.29 is 29.3 Å². The number of allylic oxidation sites excluding steroid dienone is 4. The molecule has 0 amide bonds. The maximum absolute atomic E-state index is 13.7. The van der Waals surface area contributed by atoms with Crippen LogP contribution in [0.3, 0.4) is 0 Å². The number of benzene rings is 1. The molecule has 0 fully saturated rings. The fraction of sp³-hybridized carbons (Fsp3) is 0.519. The number of methoxy groups -OCH3 is 1. The molecule has 1 aromatic rings. The summed E-state index contributed by atoms with van der Waals surface area (Å²) in [7, 11) is 1.46. The summed E-state index contributed by atoms with van der Waals surface area (Å²) in [5, 5.41) is 19.9. The van der Waals surface area contributed by atoms with Gasteiger partial charge in [-0.15, -0.1) is 0 Å². The molecule has 35 heavy (non-hydrogen) atoms. The van der Waals surface area contributed by atoms with E-state index < -0.39 is 11.9 Å². The number of halogens is 1. The van der Waals surface area contributed by atoms with Crippen molar-refractivity contribution in [3.63, 3.8) is 0 Å². The molecule has 0 spiro atoms. The third kappa shape index (κ3) is 4.65. The number of nitrogens with zero attached hydrogens (tertiary/aromatic N) is 1. The second-order valence-electron chi connectivity index (χ2n) is 11.4. The first-order valence-corrected chi connectivity index (χ1v) is 12.6. The van der Waals surface area contributed by atoms with Crippen LogP contribution in [0.1, 0.15) is 71.3 Å². The maximum Gasteiger partial charge on any atom is 0.305 e. The van der Waals surface area contributed by atoms with E-state index >= 15 is 0 Å². The molecule has 0 aromatic heterocycles. The molecule has 0 atom stereocenters. The number of carbonyl (C=O) groups excluding carboxylic acids is 2. The quantitative estimate of drug-likeness (QED) is 0.515. The average molecular weight is 546 g/mol. The third-order valence-electron chi connectivity index (χ3n) is 7.18. The minimum atomic E-state index is -0.925. The van der Waals surface area contributed by atoms with Crippen LogP contribution < -0.4 is 4.74 Å². The Labute approximate surface area is 214 Å². The number of carbonyl (C=O) groups is 3. The molecule has 1 aliphatic heterocycles. The van der Waals surface area contributed by atoms with Crippen molar-refractivity contribution in [1.82, 2.24) is 4.90 Å². The number of phenols is 1. The Morgan fingerprint density at radius 2 is 1.54 bits per heavy atom. The van der Waals surface area contributed by atoms with Crippen molar-refractivity contribution in [2.75, 3.05) is 13.7 Å². The molecule has 0 bridgehead atoms. The summed E-state index contributed by atoms with van der Waals surface area (Å²) < 4.78 is 5.79. The van der Waals surface area contributed by atoms with Crippen molar-refractivity contribution in [3.05, 3.63) is 44.7 Å². The number of Topliss-reactive ketones (excluding diaryl/α,β-unsaturated/α-hetero) is 2. The lowest BCUT2D eigenvalue weighted by Crippen LogP contribution is -2.45. The Hall–Kier alpha value is -2.61. The third-order valence-corrected chi connectivity index (χ3v) is 7.78. The number of ether oxygens (including phenoxy) is 1. The van der Waals surface area contributed by atoms with Gasteiger partial charge in [0.2, 0.25) is 0 Å². The lowest BCUT2D eigenvalue weighted by atomic mass is 9.63. The molecule has 0 saturated carbocycles. The Kier molecular flexibility index (Phi) is 6.41. The zero-order chi connectivity index (χ0) is 25.9. The summed E-state index contributed by atoms with van der Waals surface area (Å²) in [6.45, 7) is 8.37. The van der Waals surface area contributed by atoms with E-state index in [1.54, 1.807) is 12.1 Å². The largest absolute Gasteiger partial charge is 0.503 e. The number of hydrogen-bond donors (Lipinski definition) is 2. The smallest absolute Gasteiger partial charge is 0.305 e. The van der Waals surface area contributed by atoms with Crippen LogP contribution in [0.4, 0.5) is 0 Å². The summed E-state index contributed by atoms with van der Waals surface area (Å²) in [4.78, 5) is 40.9. The van der Waals surface area contributed by atoms with E-state index in [1.807, 2.05) is 32.6 Å². The molecule has 2 N–H and O–H groups in total. The van der Waals surface area contributed by atoms with Crippen LogP contribution in [0.2, 0.25) is 0 Å². The number of ketones is 2. The van der Waals surface area contributed by atoms with Crippen molar-refractivity contribution in [1.29, 1.82) is 0 Å². The Morgan fingerprint density at radius 1 is 1.03 bits per heavy atom. The molecule has 0 radical (unpaired) electrons. The lowest BCUT2D eigenvalue weighted by molar-refractivity contribution is -0.137. The van der Waals surface area contributed by atoms with Crippen LogP contribution >= 0.6 is 15.9 Å². The van der Waals surface area contributed by atoms with E-state index in [1.165, 1.54) is 7.11 Å². The molecule has 0 saturated heterocycles. The molecule has 7 nitrogen and oxygen atoms in total. The van der Waals surface area contributed by atoms with E-state index in [4.69, 9.17) is 4.74 Å². The predicted octanol–water partition coefficient (Wildman–Crippen LogP) is 5.32. The minimum absolute atomic E-state index is 0.0334. The molecule has 4 rings (SSSR count). The van der Waals surface area contributed by atoms with Gasteiger partial charge in [-0.25, -0.2) is 0 Å². The highest BCUT2D eigenvalue weighted by Crippen LogP contribution is 2.55. The first-order valence-electron chi connectivity index (χ1n) is 11.8. The number of hydrogen-bond acceptors (Lipinski definition) is 6. The minimum Gasteiger partial charge on any atom is -0.503 e.